The topological polar surface area (TPSA) is 92.2 Å². The molecule has 1 saturated carbocycles. The average Bonchev–Trinajstić information content (AvgIpc) is 3.39. The van der Waals surface area contributed by atoms with Gasteiger partial charge in [-0.25, -0.2) is 9.78 Å². The number of pyridine rings is 1. The van der Waals surface area contributed by atoms with Gasteiger partial charge < -0.3 is 10.4 Å². The molecule has 0 bridgehead atoms. The minimum atomic E-state index is -1.03. The lowest BCUT2D eigenvalue weighted by Crippen LogP contribution is -2.26. The van der Waals surface area contributed by atoms with Gasteiger partial charge in [-0.15, -0.1) is 11.3 Å². The van der Waals surface area contributed by atoms with Gasteiger partial charge in [-0.3, -0.25) is 9.78 Å². The Labute approximate surface area is 153 Å². The summed E-state index contributed by atoms with van der Waals surface area (Å²) >= 11 is 1.29. The van der Waals surface area contributed by atoms with E-state index in [2.05, 4.69) is 15.3 Å². The summed E-state index contributed by atoms with van der Waals surface area (Å²) in [5, 5.41) is 14.9. The number of hydrogen-bond acceptors (Lipinski definition) is 5. The molecule has 3 aromatic rings. The first-order valence-corrected chi connectivity index (χ1v) is 9.35. The third-order valence-electron chi connectivity index (χ3n) is 4.37. The normalized spacial score (nSPS) is 13.7. The summed E-state index contributed by atoms with van der Waals surface area (Å²) in [7, 11) is 0. The number of aromatic carboxylic acids is 1. The van der Waals surface area contributed by atoms with Crippen LogP contribution in [0, 0.1) is 0 Å². The van der Waals surface area contributed by atoms with Crippen molar-refractivity contribution in [1.82, 2.24) is 15.3 Å². The monoisotopic (exact) mass is 367 g/mol. The van der Waals surface area contributed by atoms with E-state index in [-0.39, 0.29) is 11.6 Å². The summed E-state index contributed by atoms with van der Waals surface area (Å²) in [6.07, 6.45) is 2.76. The van der Waals surface area contributed by atoms with Crippen molar-refractivity contribution in [3.8, 4) is 0 Å². The van der Waals surface area contributed by atoms with Gasteiger partial charge in [0.05, 0.1) is 16.1 Å². The predicted molar refractivity (Wildman–Crippen MR) is 98.8 cm³/mol. The van der Waals surface area contributed by atoms with Gasteiger partial charge >= 0.3 is 5.97 Å². The molecular formula is C19H17N3O3S. The summed E-state index contributed by atoms with van der Waals surface area (Å²) in [5.41, 5.74) is 2.52. The molecule has 132 valence electrons. The number of carbonyl (C=O) groups is 2. The Morgan fingerprint density at radius 2 is 2.04 bits per heavy atom. The van der Waals surface area contributed by atoms with Gasteiger partial charge in [0.2, 0.25) is 0 Å². The molecular weight excluding hydrogens is 350 g/mol. The second-order valence-corrected chi connectivity index (χ2v) is 7.27. The van der Waals surface area contributed by atoms with Crippen LogP contribution in [0.15, 0.2) is 35.7 Å². The van der Waals surface area contributed by atoms with Crippen LogP contribution in [-0.4, -0.2) is 33.5 Å². The van der Waals surface area contributed by atoms with Crippen LogP contribution in [-0.2, 0) is 6.42 Å². The first-order valence-electron chi connectivity index (χ1n) is 8.47. The highest BCUT2D eigenvalue weighted by Crippen LogP contribution is 2.40. The fraction of sp³-hybridized carbons (Fsp3) is 0.263. The SMILES string of the molecule is O=C(O)c1csc(CCNC(=O)c2cc(C3CC3)nc3ccccc23)n1. The third kappa shape index (κ3) is 3.43. The van der Waals surface area contributed by atoms with Crippen LogP contribution in [0.25, 0.3) is 10.9 Å². The van der Waals surface area contributed by atoms with Crippen LogP contribution in [0.4, 0.5) is 0 Å². The molecule has 1 fully saturated rings. The highest BCUT2D eigenvalue weighted by Gasteiger charge is 2.26. The van der Waals surface area contributed by atoms with Crippen LogP contribution in [0.2, 0.25) is 0 Å². The Balaban J connectivity index is 1.49. The summed E-state index contributed by atoms with van der Waals surface area (Å²) in [6.45, 7) is 0.404. The zero-order chi connectivity index (χ0) is 18.1. The second-order valence-electron chi connectivity index (χ2n) is 6.32. The number of amides is 1. The van der Waals surface area contributed by atoms with E-state index >= 15 is 0 Å². The number of fused-ring (bicyclic) bond motifs is 1. The molecule has 1 aliphatic carbocycles. The first kappa shape index (κ1) is 16.7. The van der Waals surface area contributed by atoms with Crippen molar-refractivity contribution in [2.24, 2.45) is 0 Å². The zero-order valence-corrected chi connectivity index (χ0v) is 14.8. The van der Waals surface area contributed by atoms with E-state index < -0.39 is 5.97 Å². The van der Waals surface area contributed by atoms with Gasteiger partial charge in [0.25, 0.3) is 5.91 Å². The highest BCUT2D eigenvalue weighted by atomic mass is 32.1. The molecule has 1 amide bonds. The largest absolute Gasteiger partial charge is 0.476 e. The number of hydrogen-bond donors (Lipinski definition) is 2. The molecule has 0 atom stereocenters. The molecule has 0 aliphatic heterocycles. The van der Waals surface area contributed by atoms with E-state index in [1.165, 1.54) is 16.7 Å². The summed E-state index contributed by atoms with van der Waals surface area (Å²) < 4.78 is 0. The minimum absolute atomic E-state index is 0.0468. The van der Waals surface area contributed by atoms with Crippen molar-refractivity contribution in [2.75, 3.05) is 6.54 Å². The second kappa shape index (κ2) is 6.84. The molecule has 6 nitrogen and oxygen atoms in total. The maximum atomic E-state index is 12.7. The predicted octanol–water partition coefficient (Wildman–Crippen LogP) is 3.24. The van der Waals surface area contributed by atoms with Crippen molar-refractivity contribution in [2.45, 2.75) is 25.2 Å². The molecule has 26 heavy (non-hydrogen) atoms. The molecule has 1 aliphatic rings. The number of para-hydroxylation sites is 1. The minimum Gasteiger partial charge on any atom is -0.476 e. The van der Waals surface area contributed by atoms with Crippen LogP contribution in [0.1, 0.15) is 50.3 Å². The van der Waals surface area contributed by atoms with Crippen LogP contribution >= 0.6 is 11.3 Å². The molecule has 0 spiro atoms. The highest BCUT2D eigenvalue weighted by molar-refractivity contribution is 7.09. The first-order chi connectivity index (χ1) is 12.6. The summed E-state index contributed by atoms with van der Waals surface area (Å²) in [5.74, 6) is -0.705. The molecule has 2 aromatic heterocycles. The van der Waals surface area contributed by atoms with Gasteiger partial charge in [-0.05, 0) is 25.0 Å². The molecule has 0 unspecified atom stereocenters. The van der Waals surface area contributed by atoms with Crippen molar-refractivity contribution in [1.29, 1.82) is 0 Å². The van der Waals surface area contributed by atoms with Gasteiger partial charge in [0.1, 0.15) is 0 Å². The zero-order valence-electron chi connectivity index (χ0n) is 13.9. The van der Waals surface area contributed by atoms with Gasteiger partial charge in [0.15, 0.2) is 5.69 Å². The number of nitrogens with zero attached hydrogens (tertiary/aromatic N) is 2. The van der Waals surface area contributed by atoms with E-state index in [0.717, 1.165) is 29.4 Å². The lowest BCUT2D eigenvalue weighted by molar-refractivity contribution is 0.0690. The Morgan fingerprint density at radius 1 is 1.23 bits per heavy atom. The number of rotatable bonds is 6. The van der Waals surface area contributed by atoms with Crippen molar-refractivity contribution in [3.63, 3.8) is 0 Å². The fourth-order valence-electron chi connectivity index (χ4n) is 2.87. The van der Waals surface area contributed by atoms with Gasteiger partial charge in [-0.2, -0.15) is 0 Å². The number of carboxylic acids is 1. The number of aromatic nitrogens is 2. The molecule has 4 rings (SSSR count). The Bertz CT molecular complexity index is 995. The van der Waals surface area contributed by atoms with E-state index in [1.807, 2.05) is 30.3 Å². The van der Waals surface area contributed by atoms with E-state index in [1.54, 1.807) is 0 Å². The quantitative estimate of drug-likeness (QED) is 0.698. The molecule has 2 N–H and O–H groups in total. The van der Waals surface area contributed by atoms with Crippen LogP contribution < -0.4 is 5.32 Å². The molecule has 7 heteroatoms. The van der Waals surface area contributed by atoms with E-state index in [4.69, 9.17) is 5.11 Å². The molecule has 2 heterocycles. The standard InChI is InChI=1S/C19H17N3O3S/c23-18(20-8-7-17-22-16(10-26-17)19(24)25)13-9-15(11-5-6-11)21-14-4-2-1-3-12(13)14/h1-4,9-11H,5-8H2,(H,20,23)(H,24,25). The third-order valence-corrected chi connectivity index (χ3v) is 5.28. The fourth-order valence-corrected chi connectivity index (χ4v) is 3.65. The maximum Gasteiger partial charge on any atom is 0.355 e. The van der Waals surface area contributed by atoms with Crippen molar-refractivity contribution in [3.05, 3.63) is 57.7 Å². The summed E-state index contributed by atoms with van der Waals surface area (Å²) in [6, 6.07) is 9.58. The molecule has 0 radical (unpaired) electrons. The number of benzene rings is 1. The van der Waals surface area contributed by atoms with Gasteiger partial charge in [-0.1, -0.05) is 18.2 Å². The van der Waals surface area contributed by atoms with Crippen molar-refractivity contribution >= 4 is 34.1 Å². The smallest absolute Gasteiger partial charge is 0.355 e. The number of carbonyl (C=O) groups excluding carboxylic acids is 1. The Morgan fingerprint density at radius 3 is 2.77 bits per heavy atom. The summed E-state index contributed by atoms with van der Waals surface area (Å²) in [4.78, 5) is 32.3. The Kier molecular flexibility index (Phi) is 4.38. The number of nitrogens with one attached hydrogen (secondary N) is 1. The van der Waals surface area contributed by atoms with E-state index in [0.29, 0.717) is 29.5 Å². The van der Waals surface area contributed by atoms with Gasteiger partial charge in [0, 0.05) is 35.3 Å². The van der Waals surface area contributed by atoms with Crippen LogP contribution in [0.5, 0.6) is 0 Å². The Hall–Kier alpha value is -2.80. The average molecular weight is 367 g/mol. The number of carboxylic acid groups (broad SMARTS) is 1. The lowest BCUT2D eigenvalue weighted by Gasteiger charge is -2.10. The maximum absolute atomic E-state index is 12.7. The van der Waals surface area contributed by atoms with Crippen molar-refractivity contribution < 1.29 is 14.7 Å². The lowest BCUT2D eigenvalue weighted by atomic mass is 10.1. The molecule has 0 saturated heterocycles. The molecule has 1 aromatic carbocycles. The van der Waals surface area contributed by atoms with E-state index in [9.17, 15) is 9.59 Å². The number of thiazole rings is 1. The van der Waals surface area contributed by atoms with Crippen LogP contribution in [0.3, 0.4) is 0 Å².